The average molecular weight is 196 g/mol. The maximum absolute atomic E-state index is 10.9. The third-order valence-corrected chi connectivity index (χ3v) is 1.70. The van der Waals surface area contributed by atoms with Crippen molar-refractivity contribution in [2.24, 2.45) is 0 Å². The molecule has 0 rings (SSSR count). The predicted molar refractivity (Wildman–Crippen MR) is 53.8 cm³/mol. The quantitative estimate of drug-likeness (QED) is 0.401. The molecule has 3 heteroatoms. The summed E-state index contributed by atoms with van der Waals surface area (Å²) in [5, 5.41) is 8.30. The van der Waals surface area contributed by atoms with Crippen molar-refractivity contribution in [1.82, 2.24) is 0 Å². The number of carbonyl (C=O) groups excluding carboxylic acids is 1. The van der Waals surface area contributed by atoms with E-state index >= 15 is 0 Å². The Hall–Kier alpha value is -1.30. The van der Waals surface area contributed by atoms with Crippen molar-refractivity contribution in [2.45, 2.75) is 45.4 Å². The highest BCUT2D eigenvalue weighted by Gasteiger charge is 2.01. The summed E-state index contributed by atoms with van der Waals surface area (Å²) in [7, 11) is 0. The monoisotopic (exact) mass is 196 g/mol. The molecule has 0 aliphatic rings. The first-order chi connectivity index (χ1) is 6.66. The lowest BCUT2D eigenvalue weighted by Crippen LogP contribution is -2.00. The summed E-state index contributed by atoms with van der Waals surface area (Å²) in [5.41, 5.74) is 0. The minimum absolute atomic E-state index is 0.0239. The molecule has 0 aromatic rings. The third kappa shape index (κ3) is 8.79. The van der Waals surface area contributed by atoms with E-state index in [1.807, 2.05) is 0 Å². The number of carboxylic acid groups (broad SMARTS) is 1. The molecule has 0 unspecified atom stereocenters. The maximum atomic E-state index is 10.9. The van der Waals surface area contributed by atoms with Crippen LogP contribution >= 0.6 is 0 Å². The minimum atomic E-state index is -0.953. The van der Waals surface area contributed by atoms with Crippen molar-refractivity contribution in [2.75, 3.05) is 0 Å². The second kappa shape index (κ2) is 8.31. The Bertz CT molecular complexity index is 245. The Morgan fingerprint density at radius 3 is 2.50 bits per heavy atom. The molecule has 0 spiro atoms. The molecule has 0 aliphatic carbocycles. The topological polar surface area (TPSA) is 54.4 Å². The number of hydrogen-bond acceptors (Lipinski definition) is 2. The fourth-order valence-electron chi connectivity index (χ4n) is 0.907. The molecule has 0 amide bonds. The zero-order valence-electron chi connectivity index (χ0n) is 8.51. The summed E-state index contributed by atoms with van der Waals surface area (Å²) in [6.45, 7) is 2.10. The average Bonchev–Trinajstić information content (AvgIpc) is 2.14. The van der Waals surface area contributed by atoms with Crippen LogP contribution < -0.4 is 0 Å². The highest BCUT2D eigenvalue weighted by atomic mass is 16.4. The predicted octanol–water partition coefficient (Wildman–Crippen LogP) is 2.00. The molecule has 1 N–H and O–H groups in total. The molecule has 0 aromatic heterocycles. The Kier molecular flexibility index (Phi) is 7.53. The largest absolute Gasteiger partial charge is 0.481 e. The van der Waals surface area contributed by atoms with Gasteiger partial charge in [0.05, 0.1) is 6.42 Å². The second-order valence-electron chi connectivity index (χ2n) is 3.08. The van der Waals surface area contributed by atoms with Crippen LogP contribution in [0.3, 0.4) is 0 Å². The molecule has 0 saturated carbocycles. The molecule has 0 heterocycles. The first-order valence-electron chi connectivity index (χ1n) is 4.90. The van der Waals surface area contributed by atoms with Gasteiger partial charge in [-0.1, -0.05) is 25.7 Å². The van der Waals surface area contributed by atoms with Gasteiger partial charge in [0.2, 0.25) is 5.78 Å². The summed E-state index contributed by atoms with van der Waals surface area (Å²) in [5.74, 6) is 3.97. The van der Waals surface area contributed by atoms with Crippen molar-refractivity contribution in [3.05, 3.63) is 0 Å². The fourth-order valence-corrected chi connectivity index (χ4v) is 0.907. The summed E-state index contributed by atoms with van der Waals surface area (Å²) in [4.78, 5) is 21.1. The Morgan fingerprint density at radius 2 is 1.93 bits per heavy atom. The second-order valence-corrected chi connectivity index (χ2v) is 3.08. The van der Waals surface area contributed by atoms with Crippen LogP contribution in [0.4, 0.5) is 0 Å². The highest BCUT2D eigenvalue weighted by Crippen LogP contribution is 1.97. The number of carboxylic acids is 1. The molecule has 0 atom stereocenters. The zero-order valence-corrected chi connectivity index (χ0v) is 8.51. The van der Waals surface area contributed by atoms with E-state index < -0.39 is 5.97 Å². The van der Waals surface area contributed by atoms with E-state index in [4.69, 9.17) is 5.11 Å². The fraction of sp³-hybridized carbons (Fsp3) is 0.636. The van der Waals surface area contributed by atoms with Gasteiger partial charge in [0.25, 0.3) is 0 Å². The van der Waals surface area contributed by atoms with Crippen LogP contribution in [0.1, 0.15) is 45.4 Å². The number of hydrogen-bond donors (Lipinski definition) is 1. The summed E-state index contributed by atoms with van der Waals surface area (Å²) in [6.07, 6.45) is 3.90. The molecule has 0 bridgehead atoms. The van der Waals surface area contributed by atoms with Gasteiger partial charge >= 0.3 is 5.97 Å². The van der Waals surface area contributed by atoms with E-state index in [0.717, 1.165) is 25.7 Å². The van der Waals surface area contributed by atoms with E-state index in [2.05, 4.69) is 18.8 Å². The lowest BCUT2D eigenvalue weighted by molar-refractivity contribution is -0.138. The lowest BCUT2D eigenvalue weighted by atomic mass is 10.2. The molecule has 0 radical (unpaired) electrons. The molecule has 78 valence electrons. The molecule has 0 saturated heterocycles. The number of carbonyl (C=O) groups is 2. The van der Waals surface area contributed by atoms with E-state index in [0.29, 0.717) is 0 Å². The van der Waals surface area contributed by atoms with Crippen LogP contribution in [0, 0.1) is 11.8 Å². The van der Waals surface area contributed by atoms with Crippen LogP contribution in [0.5, 0.6) is 0 Å². The lowest BCUT2D eigenvalue weighted by Gasteiger charge is -1.89. The van der Waals surface area contributed by atoms with Gasteiger partial charge in [-0.25, -0.2) is 0 Å². The van der Waals surface area contributed by atoms with Crippen molar-refractivity contribution in [1.29, 1.82) is 0 Å². The van der Waals surface area contributed by atoms with Crippen LogP contribution in [0.25, 0.3) is 0 Å². The van der Waals surface area contributed by atoms with Crippen molar-refractivity contribution in [3.63, 3.8) is 0 Å². The molecule has 14 heavy (non-hydrogen) atoms. The van der Waals surface area contributed by atoms with Gasteiger partial charge in [-0.15, -0.1) is 0 Å². The van der Waals surface area contributed by atoms with Gasteiger partial charge < -0.3 is 5.11 Å². The smallest absolute Gasteiger partial charge is 0.303 e. The molecule has 0 aliphatic heterocycles. The normalized spacial score (nSPS) is 8.93. The van der Waals surface area contributed by atoms with E-state index in [1.54, 1.807) is 0 Å². The van der Waals surface area contributed by atoms with Gasteiger partial charge in [-0.2, -0.15) is 0 Å². The first-order valence-corrected chi connectivity index (χ1v) is 4.90. The molecular formula is C11H16O3. The summed E-state index contributed by atoms with van der Waals surface area (Å²) in [6, 6.07) is 0. The van der Waals surface area contributed by atoms with E-state index in [1.165, 1.54) is 0 Å². The van der Waals surface area contributed by atoms with Crippen LogP contribution in [-0.4, -0.2) is 16.9 Å². The number of unbranched alkanes of at least 4 members (excludes halogenated alkanes) is 3. The molecule has 0 fully saturated rings. The Morgan fingerprint density at radius 1 is 1.21 bits per heavy atom. The number of rotatable bonds is 6. The van der Waals surface area contributed by atoms with Crippen molar-refractivity contribution >= 4 is 11.8 Å². The van der Waals surface area contributed by atoms with E-state index in [-0.39, 0.29) is 18.6 Å². The number of Topliss-reactive ketones (excluding diaryl/α,β-unsaturated/α-hetero) is 1. The Balaban J connectivity index is 3.54. The van der Waals surface area contributed by atoms with Crippen LogP contribution in [0.2, 0.25) is 0 Å². The van der Waals surface area contributed by atoms with Gasteiger partial charge in [0.15, 0.2) is 0 Å². The SMILES string of the molecule is CCCCCC#CC(=O)CCC(=O)O. The van der Waals surface area contributed by atoms with E-state index in [9.17, 15) is 9.59 Å². The Labute approximate surface area is 84.5 Å². The summed E-state index contributed by atoms with van der Waals surface area (Å²) >= 11 is 0. The van der Waals surface area contributed by atoms with Crippen molar-refractivity contribution < 1.29 is 14.7 Å². The highest BCUT2D eigenvalue weighted by molar-refractivity contribution is 5.96. The first kappa shape index (κ1) is 12.7. The van der Waals surface area contributed by atoms with Crippen LogP contribution in [0.15, 0.2) is 0 Å². The minimum Gasteiger partial charge on any atom is -0.481 e. The maximum Gasteiger partial charge on any atom is 0.303 e. The third-order valence-electron chi connectivity index (χ3n) is 1.70. The number of aliphatic carboxylic acids is 1. The molecule has 3 nitrogen and oxygen atoms in total. The zero-order chi connectivity index (χ0) is 10.8. The molecular weight excluding hydrogens is 180 g/mol. The van der Waals surface area contributed by atoms with Gasteiger partial charge in [0.1, 0.15) is 0 Å². The van der Waals surface area contributed by atoms with Gasteiger partial charge in [0, 0.05) is 12.8 Å². The molecule has 0 aromatic carbocycles. The standard InChI is InChI=1S/C11H16O3/c1-2-3-4-5-6-7-10(12)8-9-11(13)14/h2-5,8-9H2,1H3,(H,13,14). The van der Waals surface area contributed by atoms with Crippen molar-refractivity contribution in [3.8, 4) is 11.8 Å². The number of ketones is 1. The van der Waals surface area contributed by atoms with Gasteiger partial charge in [-0.05, 0) is 12.3 Å². The van der Waals surface area contributed by atoms with Crippen LogP contribution in [-0.2, 0) is 9.59 Å². The van der Waals surface area contributed by atoms with Gasteiger partial charge in [-0.3, -0.25) is 9.59 Å². The summed E-state index contributed by atoms with van der Waals surface area (Å²) < 4.78 is 0.